The molecule has 2 heterocycles. The molecule has 9 heteroatoms. The Bertz CT molecular complexity index is 865. The molecule has 0 saturated carbocycles. The molecule has 3 amide bonds. The number of urea groups is 1. The molecule has 0 bridgehead atoms. The first-order chi connectivity index (χ1) is 14.8. The number of likely N-dealkylation sites (tertiary alicyclic amines) is 1. The number of rotatable bonds is 7. The molecule has 2 N–H and O–H groups in total. The van der Waals surface area contributed by atoms with E-state index in [0.717, 1.165) is 18.4 Å². The highest BCUT2D eigenvalue weighted by molar-refractivity contribution is 5.95. The smallest absolute Gasteiger partial charge is 0.338 e. The van der Waals surface area contributed by atoms with Crippen LogP contribution in [-0.4, -0.2) is 74.7 Å². The second kappa shape index (κ2) is 9.82. The van der Waals surface area contributed by atoms with Crippen LogP contribution in [0.25, 0.3) is 0 Å². The van der Waals surface area contributed by atoms with Gasteiger partial charge in [0.1, 0.15) is 5.75 Å². The maximum atomic E-state index is 12.9. The summed E-state index contributed by atoms with van der Waals surface area (Å²) in [6.07, 6.45) is 1.62. The summed E-state index contributed by atoms with van der Waals surface area (Å²) < 4.78 is 10.5. The van der Waals surface area contributed by atoms with Crippen molar-refractivity contribution in [2.45, 2.75) is 31.8 Å². The quantitative estimate of drug-likeness (QED) is 0.635. The summed E-state index contributed by atoms with van der Waals surface area (Å²) in [5, 5.41) is 5.60. The van der Waals surface area contributed by atoms with Crippen LogP contribution in [0.5, 0.6) is 5.75 Å². The molecule has 0 radical (unpaired) electrons. The predicted octanol–water partition coefficient (Wildman–Crippen LogP) is 1.42. The maximum Gasteiger partial charge on any atom is 0.338 e. The van der Waals surface area contributed by atoms with Crippen LogP contribution in [0.15, 0.2) is 35.5 Å². The normalized spacial score (nSPS) is 21.4. The number of amides is 3. The van der Waals surface area contributed by atoms with E-state index in [9.17, 15) is 14.4 Å². The molecule has 3 rings (SSSR count). The number of methoxy groups -OCH3 is 1. The van der Waals surface area contributed by atoms with Crippen molar-refractivity contribution in [2.24, 2.45) is 0 Å². The Morgan fingerprint density at radius 1 is 1.23 bits per heavy atom. The number of nitrogens with one attached hydrogen (secondary N) is 2. The van der Waals surface area contributed by atoms with Crippen LogP contribution in [0, 0.1) is 0 Å². The van der Waals surface area contributed by atoms with E-state index in [0.29, 0.717) is 23.6 Å². The van der Waals surface area contributed by atoms with Gasteiger partial charge in [-0.2, -0.15) is 0 Å². The lowest BCUT2D eigenvalue weighted by Crippen LogP contribution is -2.50. The van der Waals surface area contributed by atoms with Crippen LogP contribution in [0.3, 0.4) is 0 Å². The van der Waals surface area contributed by atoms with Gasteiger partial charge in [-0.1, -0.05) is 12.1 Å². The average Bonchev–Trinajstić information content (AvgIpc) is 3.20. The summed E-state index contributed by atoms with van der Waals surface area (Å²) in [6.45, 7) is 2.94. The number of hydrogen-bond acceptors (Lipinski definition) is 6. The number of likely N-dealkylation sites (N-methyl/N-ethyl adjacent to an activating group) is 1. The van der Waals surface area contributed by atoms with E-state index in [-0.39, 0.29) is 25.1 Å². The molecule has 0 aliphatic carbocycles. The Hall–Kier alpha value is -3.07. The molecule has 1 fully saturated rings. The van der Waals surface area contributed by atoms with Gasteiger partial charge >= 0.3 is 12.0 Å². The SMILES string of the molecule is CCOC(=O)C1=C(CN2CCCC2C(=O)N(C)C)NC(=O)NC1c1ccc(OC)cc1. The van der Waals surface area contributed by atoms with E-state index in [4.69, 9.17) is 9.47 Å². The number of carbonyl (C=O) groups is 3. The largest absolute Gasteiger partial charge is 0.497 e. The molecule has 0 aromatic heterocycles. The maximum absolute atomic E-state index is 12.9. The fraction of sp³-hybridized carbons (Fsp3) is 0.500. The van der Waals surface area contributed by atoms with E-state index in [1.807, 2.05) is 4.90 Å². The van der Waals surface area contributed by atoms with Crippen molar-refractivity contribution in [3.8, 4) is 5.75 Å². The van der Waals surface area contributed by atoms with E-state index >= 15 is 0 Å². The molecular formula is C22H30N4O5. The van der Waals surface area contributed by atoms with Gasteiger partial charge in [0.2, 0.25) is 5.91 Å². The third-order valence-corrected chi connectivity index (χ3v) is 5.55. The van der Waals surface area contributed by atoms with Crippen LogP contribution in [-0.2, 0) is 14.3 Å². The first-order valence-electron chi connectivity index (χ1n) is 10.4. The van der Waals surface area contributed by atoms with Gasteiger partial charge in [0, 0.05) is 26.3 Å². The minimum absolute atomic E-state index is 0.0164. The van der Waals surface area contributed by atoms with Crippen LogP contribution < -0.4 is 15.4 Å². The molecule has 168 valence electrons. The van der Waals surface area contributed by atoms with Crippen molar-refractivity contribution in [1.29, 1.82) is 0 Å². The molecule has 2 aliphatic rings. The minimum Gasteiger partial charge on any atom is -0.497 e. The Morgan fingerprint density at radius 2 is 1.94 bits per heavy atom. The Labute approximate surface area is 182 Å². The molecule has 2 atom stereocenters. The third kappa shape index (κ3) is 4.99. The Kier molecular flexibility index (Phi) is 7.17. The first kappa shape index (κ1) is 22.6. The monoisotopic (exact) mass is 430 g/mol. The van der Waals surface area contributed by atoms with Gasteiger partial charge in [0.15, 0.2) is 0 Å². The molecule has 31 heavy (non-hydrogen) atoms. The predicted molar refractivity (Wildman–Crippen MR) is 114 cm³/mol. The fourth-order valence-electron chi connectivity index (χ4n) is 4.04. The number of hydrogen-bond donors (Lipinski definition) is 2. The summed E-state index contributed by atoms with van der Waals surface area (Å²) >= 11 is 0. The summed E-state index contributed by atoms with van der Waals surface area (Å²) in [7, 11) is 5.03. The topological polar surface area (TPSA) is 100 Å². The first-order valence-corrected chi connectivity index (χ1v) is 10.4. The van der Waals surface area contributed by atoms with Gasteiger partial charge in [-0.3, -0.25) is 9.69 Å². The second-order valence-corrected chi connectivity index (χ2v) is 7.78. The van der Waals surface area contributed by atoms with Gasteiger partial charge in [0.25, 0.3) is 0 Å². The van der Waals surface area contributed by atoms with Gasteiger partial charge < -0.3 is 25.0 Å². The van der Waals surface area contributed by atoms with Crippen LogP contribution in [0.1, 0.15) is 31.4 Å². The number of benzene rings is 1. The standard InChI is InChI=1S/C22H30N4O5/c1-5-31-21(28)18-16(13-26-12-6-7-17(26)20(27)25(2)3)23-22(29)24-19(18)14-8-10-15(30-4)11-9-14/h8-11,17,19H,5-7,12-13H2,1-4H3,(H2,23,24,29). The summed E-state index contributed by atoms with van der Waals surface area (Å²) in [5.41, 5.74) is 1.54. The van der Waals surface area contributed by atoms with Crippen molar-refractivity contribution in [3.05, 3.63) is 41.1 Å². The zero-order chi connectivity index (χ0) is 22.5. The van der Waals surface area contributed by atoms with Crippen molar-refractivity contribution in [3.63, 3.8) is 0 Å². The highest BCUT2D eigenvalue weighted by Gasteiger charge is 2.37. The Morgan fingerprint density at radius 3 is 2.55 bits per heavy atom. The van der Waals surface area contributed by atoms with E-state index in [1.54, 1.807) is 57.3 Å². The zero-order valence-electron chi connectivity index (χ0n) is 18.4. The van der Waals surface area contributed by atoms with Crippen molar-refractivity contribution >= 4 is 17.9 Å². The number of nitrogens with zero attached hydrogens (tertiary/aromatic N) is 2. The minimum atomic E-state index is -0.667. The fourth-order valence-corrected chi connectivity index (χ4v) is 4.04. The zero-order valence-corrected chi connectivity index (χ0v) is 18.4. The average molecular weight is 431 g/mol. The van der Waals surface area contributed by atoms with Crippen LogP contribution in [0.4, 0.5) is 4.79 Å². The van der Waals surface area contributed by atoms with E-state index < -0.39 is 18.0 Å². The highest BCUT2D eigenvalue weighted by Crippen LogP contribution is 2.30. The third-order valence-electron chi connectivity index (χ3n) is 5.55. The number of esters is 1. The lowest BCUT2D eigenvalue weighted by Gasteiger charge is -2.33. The molecule has 0 spiro atoms. The van der Waals surface area contributed by atoms with Gasteiger partial charge in [0.05, 0.1) is 31.4 Å². The van der Waals surface area contributed by atoms with Crippen LogP contribution >= 0.6 is 0 Å². The lowest BCUT2D eigenvalue weighted by molar-refractivity contribution is -0.139. The highest BCUT2D eigenvalue weighted by atomic mass is 16.5. The van der Waals surface area contributed by atoms with Crippen molar-refractivity contribution in [2.75, 3.05) is 40.9 Å². The number of carbonyl (C=O) groups excluding carboxylic acids is 3. The van der Waals surface area contributed by atoms with E-state index in [1.165, 1.54) is 0 Å². The number of ether oxygens (including phenoxy) is 2. The summed E-state index contributed by atoms with van der Waals surface area (Å²) in [6, 6.07) is 5.81. The van der Waals surface area contributed by atoms with Gasteiger partial charge in [-0.15, -0.1) is 0 Å². The van der Waals surface area contributed by atoms with Crippen LogP contribution in [0.2, 0.25) is 0 Å². The molecule has 2 unspecified atom stereocenters. The molecular weight excluding hydrogens is 400 g/mol. The van der Waals surface area contributed by atoms with Crippen molar-refractivity contribution < 1.29 is 23.9 Å². The second-order valence-electron chi connectivity index (χ2n) is 7.78. The molecule has 1 aromatic rings. The summed E-state index contributed by atoms with van der Waals surface area (Å²) in [5.74, 6) is 0.191. The lowest BCUT2D eigenvalue weighted by atomic mass is 9.94. The summed E-state index contributed by atoms with van der Waals surface area (Å²) in [4.78, 5) is 41.6. The van der Waals surface area contributed by atoms with Gasteiger partial charge in [-0.05, 0) is 44.0 Å². The Balaban J connectivity index is 1.98. The molecule has 1 aromatic carbocycles. The van der Waals surface area contributed by atoms with Crippen molar-refractivity contribution in [1.82, 2.24) is 20.4 Å². The molecule has 2 aliphatic heterocycles. The van der Waals surface area contributed by atoms with E-state index in [2.05, 4.69) is 10.6 Å². The molecule has 9 nitrogen and oxygen atoms in total. The van der Waals surface area contributed by atoms with Gasteiger partial charge in [-0.25, -0.2) is 9.59 Å². The molecule has 1 saturated heterocycles.